The van der Waals surface area contributed by atoms with Crippen LogP contribution in [0, 0.1) is 16.7 Å². The van der Waals surface area contributed by atoms with Crippen LogP contribution in [0.25, 0.3) is 0 Å². The van der Waals surface area contributed by atoms with Crippen LogP contribution in [0.2, 0.25) is 0 Å². The summed E-state index contributed by atoms with van der Waals surface area (Å²) in [7, 11) is 1.88. The molecule has 5 nitrogen and oxygen atoms in total. The first kappa shape index (κ1) is 19.2. The molecular weight excluding hydrogens is 322 g/mol. The second kappa shape index (κ2) is 10.0. The summed E-state index contributed by atoms with van der Waals surface area (Å²) in [6, 6.07) is 18.1. The molecule has 0 saturated heterocycles. The summed E-state index contributed by atoms with van der Waals surface area (Å²) in [6.45, 7) is 0.407. The van der Waals surface area contributed by atoms with Gasteiger partial charge in [-0.1, -0.05) is 30.3 Å². The number of nitrogens with zero attached hydrogens (tertiary/aromatic N) is 1. The van der Waals surface area contributed by atoms with Gasteiger partial charge in [0.05, 0.1) is 6.07 Å². The molecule has 0 radical (unpaired) electrons. The number of hydrogen-bond donors (Lipinski definition) is 4. The van der Waals surface area contributed by atoms with Crippen molar-refractivity contribution in [3.63, 3.8) is 0 Å². The Morgan fingerprint density at radius 2 is 2.08 bits per heavy atom. The molecule has 0 heterocycles. The SMILES string of the molecule is CNc1ccccc1C(CN)/C(C=N)=C/Nc1cccc(CCC#N)c1. The lowest BCUT2D eigenvalue weighted by molar-refractivity contribution is 0.829. The third-order valence-electron chi connectivity index (χ3n) is 4.27. The summed E-state index contributed by atoms with van der Waals surface area (Å²) >= 11 is 0. The van der Waals surface area contributed by atoms with Gasteiger partial charge in [-0.15, -0.1) is 0 Å². The van der Waals surface area contributed by atoms with Crippen molar-refractivity contribution in [1.29, 1.82) is 10.7 Å². The van der Waals surface area contributed by atoms with Crippen molar-refractivity contribution in [3.05, 3.63) is 71.4 Å². The fourth-order valence-corrected chi connectivity index (χ4v) is 2.90. The minimum absolute atomic E-state index is 0.0783. The van der Waals surface area contributed by atoms with Gasteiger partial charge in [-0.25, -0.2) is 0 Å². The van der Waals surface area contributed by atoms with E-state index in [0.717, 1.165) is 34.5 Å². The molecule has 1 atom stereocenters. The zero-order valence-electron chi connectivity index (χ0n) is 15.0. The summed E-state index contributed by atoms with van der Waals surface area (Å²) in [5.74, 6) is -0.0783. The number of benzene rings is 2. The van der Waals surface area contributed by atoms with Gasteiger partial charge in [0.15, 0.2) is 0 Å². The van der Waals surface area contributed by atoms with E-state index in [1.54, 1.807) is 0 Å². The van der Waals surface area contributed by atoms with Crippen LogP contribution in [0.3, 0.4) is 0 Å². The van der Waals surface area contributed by atoms with Gasteiger partial charge in [0.1, 0.15) is 0 Å². The maximum absolute atomic E-state index is 8.73. The molecular formula is C21H25N5. The minimum Gasteiger partial charge on any atom is -0.388 e. The number of para-hydroxylation sites is 1. The minimum atomic E-state index is -0.0783. The zero-order valence-corrected chi connectivity index (χ0v) is 15.0. The molecule has 0 aliphatic rings. The van der Waals surface area contributed by atoms with E-state index in [2.05, 4.69) is 16.7 Å². The molecule has 134 valence electrons. The zero-order chi connectivity index (χ0) is 18.8. The highest BCUT2D eigenvalue weighted by Gasteiger charge is 2.16. The van der Waals surface area contributed by atoms with Gasteiger partial charge in [0.25, 0.3) is 0 Å². The topological polar surface area (TPSA) is 97.7 Å². The van der Waals surface area contributed by atoms with Gasteiger partial charge in [-0.2, -0.15) is 5.26 Å². The van der Waals surface area contributed by atoms with E-state index in [1.807, 2.05) is 61.8 Å². The smallest absolute Gasteiger partial charge is 0.0625 e. The normalized spacial score (nSPS) is 12.1. The van der Waals surface area contributed by atoms with E-state index in [1.165, 1.54) is 6.21 Å². The Balaban J connectivity index is 2.23. The predicted octanol–water partition coefficient (Wildman–Crippen LogP) is 3.87. The maximum Gasteiger partial charge on any atom is 0.0625 e. The van der Waals surface area contributed by atoms with Crippen LogP contribution >= 0.6 is 0 Å². The predicted molar refractivity (Wildman–Crippen MR) is 109 cm³/mol. The standard InChI is InChI=1S/C21H25N5/c1-25-21-10-3-2-9-19(21)20(14-24)17(13-23)15-26-18-8-4-6-16(12-18)7-5-11-22/h2-4,6,8-10,12-13,15,20,23,25-26H,5,7,14,24H2,1H3/b17-15+,23-13?. The van der Waals surface area contributed by atoms with E-state index < -0.39 is 0 Å². The molecule has 1 unspecified atom stereocenters. The third kappa shape index (κ3) is 4.95. The number of nitrogens with two attached hydrogens (primary N) is 1. The molecule has 0 aliphatic carbocycles. The lowest BCUT2D eigenvalue weighted by Gasteiger charge is -2.20. The lowest BCUT2D eigenvalue weighted by atomic mass is 9.90. The Morgan fingerprint density at radius 1 is 1.27 bits per heavy atom. The van der Waals surface area contributed by atoms with Gasteiger partial charge in [-0.05, 0) is 41.3 Å². The molecule has 5 N–H and O–H groups in total. The van der Waals surface area contributed by atoms with Gasteiger partial charge in [0, 0.05) is 49.7 Å². The van der Waals surface area contributed by atoms with E-state index in [0.29, 0.717) is 13.0 Å². The molecule has 2 aromatic rings. The van der Waals surface area contributed by atoms with Crippen molar-refractivity contribution >= 4 is 17.6 Å². The van der Waals surface area contributed by atoms with Gasteiger partial charge < -0.3 is 21.8 Å². The van der Waals surface area contributed by atoms with Crippen molar-refractivity contribution in [2.24, 2.45) is 5.73 Å². The highest BCUT2D eigenvalue weighted by molar-refractivity contribution is 5.80. The molecule has 26 heavy (non-hydrogen) atoms. The highest BCUT2D eigenvalue weighted by atomic mass is 14.8. The number of nitrogens with one attached hydrogen (secondary N) is 3. The summed E-state index contributed by atoms with van der Waals surface area (Å²) in [5, 5.41) is 23.0. The molecule has 0 bridgehead atoms. The first-order valence-corrected chi connectivity index (χ1v) is 8.63. The Hall–Kier alpha value is -3.10. The molecule has 5 heteroatoms. The number of rotatable bonds is 9. The van der Waals surface area contributed by atoms with Crippen LogP contribution in [0.15, 0.2) is 60.3 Å². The molecule has 0 spiro atoms. The monoisotopic (exact) mass is 347 g/mol. The summed E-state index contributed by atoms with van der Waals surface area (Å²) in [4.78, 5) is 0. The van der Waals surface area contributed by atoms with Crippen molar-refractivity contribution in [2.45, 2.75) is 18.8 Å². The molecule has 0 amide bonds. The average Bonchev–Trinajstić information content (AvgIpc) is 2.70. The van der Waals surface area contributed by atoms with Crippen LogP contribution in [0.5, 0.6) is 0 Å². The van der Waals surface area contributed by atoms with Gasteiger partial charge in [0.2, 0.25) is 0 Å². The second-order valence-electron chi connectivity index (χ2n) is 5.92. The first-order valence-electron chi connectivity index (χ1n) is 8.63. The van der Waals surface area contributed by atoms with E-state index in [4.69, 9.17) is 16.4 Å². The highest BCUT2D eigenvalue weighted by Crippen LogP contribution is 2.28. The summed E-state index contributed by atoms with van der Waals surface area (Å²) in [6.07, 6.45) is 4.41. The molecule has 0 saturated carbocycles. The Kier molecular flexibility index (Phi) is 7.41. The fourth-order valence-electron chi connectivity index (χ4n) is 2.90. The van der Waals surface area contributed by atoms with Crippen LogP contribution in [-0.4, -0.2) is 19.8 Å². The van der Waals surface area contributed by atoms with E-state index in [-0.39, 0.29) is 5.92 Å². The third-order valence-corrected chi connectivity index (χ3v) is 4.27. The van der Waals surface area contributed by atoms with Crippen molar-refractivity contribution < 1.29 is 0 Å². The van der Waals surface area contributed by atoms with Crippen LogP contribution in [0.1, 0.15) is 23.5 Å². The Morgan fingerprint density at radius 3 is 2.77 bits per heavy atom. The lowest BCUT2D eigenvalue weighted by Crippen LogP contribution is -2.17. The van der Waals surface area contributed by atoms with Crippen LogP contribution in [0.4, 0.5) is 11.4 Å². The summed E-state index contributed by atoms with van der Waals surface area (Å²) in [5.41, 5.74) is 10.9. The van der Waals surface area contributed by atoms with Crippen LogP contribution in [-0.2, 0) is 6.42 Å². The molecule has 2 aromatic carbocycles. The summed E-state index contributed by atoms with van der Waals surface area (Å²) < 4.78 is 0. The van der Waals surface area contributed by atoms with Crippen LogP contribution < -0.4 is 16.4 Å². The molecule has 0 aromatic heterocycles. The number of nitriles is 1. The fraction of sp³-hybridized carbons (Fsp3) is 0.238. The number of hydrogen-bond acceptors (Lipinski definition) is 5. The molecule has 0 fully saturated rings. The number of aryl methyl sites for hydroxylation is 1. The van der Waals surface area contributed by atoms with Crippen molar-refractivity contribution in [3.8, 4) is 6.07 Å². The Bertz CT molecular complexity index is 804. The van der Waals surface area contributed by atoms with Crippen molar-refractivity contribution in [2.75, 3.05) is 24.2 Å². The Labute approximate surface area is 155 Å². The van der Waals surface area contributed by atoms with Gasteiger partial charge in [-0.3, -0.25) is 0 Å². The van der Waals surface area contributed by atoms with E-state index in [9.17, 15) is 0 Å². The average molecular weight is 347 g/mol. The molecule has 0 aliphatic heterocycles. The van der Waals surface area contributed by atoms with Crippen molar-refractivity contribution in [1.82, 2.24) is 0 Å². The van der Waals surface area contributed by atoms with E-state index >= 15 is 0 Å². The van der Waals surface area contributed by atoms with Gasteiger partial charge >= 0.3 is 0 Å². The molecule has 2 rings (SSSR count). The first-order chi connectivity index (χ1) is 12.7. The quantitative estimate of drug-likeness (QED) is 0.518. The second-order valence-corrected chi connectivity index (χ2v) is 5.92. The maximum atomic E-state index is 8.73. The largest absolute Gasteiger partial charge is 0.388 e. The number of anilines is 2.